The molecule has 2 aliphatic rings. The highest BCUT2D eigenvalue weighted by Crippen LogP contribution is 2.33. The summed E-state index contributed by atoms with van der Waals surface area (Å²) in [5.41, 5.74) is 0.761. The fourth-order valence-corrected chi connectivity index (χ4v) is 6.21. The normalized spacial score (nSPS) is 17.5. The number of morpholine rings is 1. The first-order chi connectivity index (χ1) is 17.0. The van der Waals surface area contributed by atoms with Gasteiger partial charge in [-0.2, -0.15) is 4.31 Å². The molecule has 198 valence electrons. The molecule has 0 atom stereocenters. The molecule has 1 aromatic rings. The van der Waals surface area contributed by atoms with Crippen LogP contribution in [0.15, 0.2) is 23.1 Å². The Labute approximate surface area is 211 Å². The van der Waals surface area contributed by atoms with Crippen molar-refractivity contribution in [2.24, 2.45) is 0 Å². The van der Waals surface area contributed by atoms with Gasteiger partial charge in [0.15, 0.2) is 0 Å². The van der Waals surface area contributed by atoms with Gasteiger partial charge in [0.25, 0.3) is 0 Å². The molecule has 35 heavy (non-hydrogen) atoms. The number of benzene rings is 1. The number of rotatable bonds is 13. The van der Waals surface area contributed by atoms with E-state index in [0.717, 1.165) is 18.5 Å². The van der Waals surface area contributed by atoms with Gasteiger partial charge in [-0.05, 0) is 24.6 Å². The van der Waals surface area contributed by atoms with E-state index in [9.17, 15) is 13.2 Å². The van der Waals surface area contributed by atoms with Crippen LogP contribution < -0.4 is 9.64 Å². The maximum atomic E-state index is 13.1. The van der Waals surface area contributed by atoms with Crippen molar-refractivity contribution in [2.45, 2.75) is 69.6 Å². The van der Waals surface area contributed by atoms with Crippen LogP contribution in [0.5, 0.6) is 5.75 Å². The van der Waals surface area contributed by atoms with E-state index in [1.165, 1.54) is 42.8 Å². The van der Waals surface area contributed by atoms with E-state index >= 15 is 0 Å². The van der Waals surface area contributed by atoms with Crippen LogP contribution in [0.3, 0.4) is 0 Å². The molecule has 0 radical (unpaired) electrons. The molecule has 1 aromatic carbocycles. The van der Waals surface area contributed by atoms with Crippen molar-refractivity contribution in [1.29, 1.82) is 0 Å². The monoisotopic (exact) mass is 509 g/mol. The number of hydrogen-bond acceptors (Lipinski definition) is 6. The number of ether oxygens (including phenoxy) is 2. The topological polar surface area (TPSA) is 79.4 Å². The number of unbranched alkanes of at least 4 members (excludes halogenated alkanes) is 7. The van der Waals surface area contributed by atoms with E-state index in [1.54, 1.807) is 25.3 Å². The highest BCUT2D eigenvalue weighted by Gasteiger charge is 2.29. The Morgan fingerprint density at radius 3 is 2.17 bits per heavy atom. The maximum Gasteiger partial charge on any atom is 0.243 e. The highest BCUT2D eigenvalue weighted by atomic mass is 32.2. The lowest BCUT2D eigenvalue weighted by molar-refractivity contribution is -0.131. The molecule has 0 bridgehead atoms. The van der Waals surface area contributed by atoms with E-state index in [2.05, 4.69) is 11.8 Å². The first-order valence-electron chi connectivity index (χ1n) is 13.3. The Hall–Kier alpha value is -1.84. The minimum absolute atomic E-state index is 0.228. The zero-order valence-electron chi connectivity index (χ0n) is 21.5. The van der Waals surface area contributed by atoms with Crippen molar-refractivity contribution in [1.82, 2.24) is 9.21 Å². The van der Waals surface area contributed by atoms with Crippen LogP contribution in [0, 0.1) is 0 Å². The molecule has 3 rings (SSSR count). The predicted molar refractivity (Wildman–Crippen MR) is 139 cm³/mol. The van der Waals surface area contributed by atoms with Crippen LogP contribution >= 0.6 is 0 Å². The van der Waals surface area contributed by atoms with Crippen molar-refractivity contribution in [3.8, 4) is 5.75 Å². The van der Waals surface area contributed by atoms with Crippen molar-refractivity contribution in [2.75, 3.05) is 64.5 Å². The number of piperazine rings is 1. The molecular weight excluding hydrogens is 466 g/mol. The second-order valence-corrected chi connectivity index (χ2v) is 11.4. The number of hydrogen-bond donors (Lipinski definition) is 0. The number of carbonyl (C=O) groups excluding carboxylic acids is 1. The summed E-state index contributed by atoms with van der Waals surface area (Å²) >= 11 is 0. The molecule has 0 aliphatic carbocycles. The molecule has 0 unspecified atom stereocenters. The van der Waals surface area contributed by atoms with Gasteiger partial charge in [0.1, 0.15) is 5.75 Å². The fraction of sp³-hybridized carbons (Fsp3) is 0.731. The Balaban J connectivity index is 1.51. The van der Waals surface area contributed by atoms with Gasteiger partial charge in [-0.25, -0.2) is 8.42 Å². The van der Waals surface area contributed by atoms with E-state index in [0.29, 0.717) is 64.7 Å². The van der Waals surface area contributed by atoms with Crippen LogP contribution in [0.2, 0.25) is 0 Å². The Bertz CT molecular complexity index is 894. The van der Waals surface area contributed by atoms with Gasteiger partial charge < -0.3 is 19.3 Å². The number of sulfonamides is 1. The van der Waals surface area contributed by atoms with Gasteiger partial charge in [0.05, 0.1) is 30.9 Å². The largest absolute Gasteiger partial charge is 0.495 e. The minimum Gasteiger partial charge on any atom is -0.495 e. The summed E-state index contributed by atoms with van der Waals surface area (Å²) in [7, 11) is -1.99. The number of anilines is 1. The number of amides is 1. The predicted octanol–water partition coefficient (Wildman–Crippen LogP) is 3.90. The van der Waals surface area contributed by atoms with Crippen LogP contribution in [-0.2, 0) is 19.6 Å². The zero-order valence-corrected chi connectivity index (χ0v) is 22.4. The van der Waals surface area contributed by atoms with Gasteiger partial charge in [0.2, 0.25) is 15.9 Å². The molecule has 2 saturated heterocycles. The second-order valence-electron chi connectivity index (χ2n) is 9.44. The summed E-state index contributed by atoms with van der Waals surface area (Å²) < 4.78 is 38.6. The molecule has 1 amide bonds. The lowest BCUT2D eigenvalue weighted by Crippen LogP contribution is -2.49. The first kappa shape index (κ1) is 27.7. The molecule has 9 heteroatoms. The van der Waals surface area contributed by atoms with E-state index < -0.39 is 10.0 Å². The summed E-state index contributed by atoms with van der Waals surface area (Å²) in [4.78, 5) is 17.0. The third-order valence-corrected chi connectivity index (χ3v) is 8.87. The van der Waals surface area contributed by atoms with Crippen LogP contribution in [-0.4, -0.2) is 83.1 Å². The average molecular weight is 510 g/mol. The van der Waals surface area contributed by atoms with Gasteiger partial charge in [0, 0.05) is 45.7 Å². The van der Waals surface area contributed by atoms with Gasteiger partial charge in [-0.1, -0.05) is 51.9 Å². The summed E-state index contributed by atoms with van der Waals surface area (Å²) in [6.45, 7) is 6.37. The Kier molecular flexibility index (Phi) is 11.1. The molecule has 0 N–H and O–H groups in total. The first-order valence-corrected chi connectivity index (χ1v) is 14.7. The minimum atomic E-state index is -3.59. The van der Waals surface area contributed by atoms with E-state index in [1.807, 2.05) is 4.90 Å². The SMILES string of the molecule is CCCCCCCCCCC(=O)N1CCN(c2cc(S(=O)(=O)N3CCOCC3)ccc2OC)CC1. The quantitative estimate of drug-likeness (QED) is 0.375. The van der Waals surface area contributed by atoms with E-state index in [4.69, 9.17) is 9.47 Å². The van der Waals surface area contributed by atoms with Crippen LogP contribution in [0.1, 0.15) is 64.7 Å². The fourth-order valence-electron chi connectivity index (χ4n) is 4.78. The van der Waals surface area contributed by atoms with Crippen molar-refractivity contribution < 1.29 is 22.7 Å². The Morgan fingerprint density at radius 2 is 1.54 bits per heavy atom. The summed E-state index contributed by atoms with van der Waals surface area (Å²) in [6.07, 6.45) is 10.4. The molecule has 2 aliphatic heterocycles. The molecule has 2 fully saturated rings. The van der Waals surface area contributed by atoms with Crippen molar-refractivity contribution >= 4 is 21.6 Å². The van der Waals surface area contributed by atoms with Gasteiger partial charge in [-0.3, -0.25) is 4.79 Å². The zero-order chi connectivity index (χ0) is 25.1. The highest BCUT2D eigenvalue weighted by molar-refractivity contribution is 7.89. The van der Waals surface area contributed by atoms with Crippen LogP contribution in [0.25, 0.3) is 0 Å². The molecular formula is C26H43N3O5S. The third kappa shape index (κ3) is 7.82. The van der Waals surface area contributed by atoms with Crippen LogP contribution in [0.4, 0.5) is 5.69 Å². The average Bonchev–Trinajstić information content (AvgIpc) is 2.90. The number of nitrogens with zero attached hydrogens (tertiary/aromatic N) is 3. The molecule has 0 aromatic heterocycles. The molecule has 8 nitrogen and oxygen atoms in total. The van der Waals surface area contributed by atoms with Gasteiger partial charge >= 0.3 is 0 Å². The second kappa shape index (κ2) is 14.0. The van der Waals surface area contributed by atoms with Gasteiger partial charge in [-0.15, -0.1) is 0 Å². The summed E-state index contributed by atoms with van der Waals surface area (Å²) in [5.74, 6) is 0.871. The molecule has 0 spiro atoms. The molecule has 0 saturated carbocycles. The lowest BCUT2D eigenvalue weighted by atomic mass is 10.1. The summed E-state index contributed by atoms with van der Waals surface area (Å²) in [6, 6.07) is 5.04. The maximum absolute atomic E-state index is 13.1. The third-order valence-electron chi connectivity index (χ3n) is 6.98. The molecule has 2 heterocycles. The van der Waals surface area contributed by atoms with Crippen molar-refractivity contribution in [3.05, 3.63) is 18.2 Å². The Morgan fingerprint density at radius 1 is 0.914 bits per heavy atom. The van der Waals surface area contributed by atoms with Crippen molar-refractivity contribution in [3.63, 3.8) is 0 Å². The lowest BCUT2D eigenvalue weighted by Gasteiger charge is -2.37. The number of methoxy groups -OCH3 is 1. The number of carbonyl (C=O) groups is 1. The smallest absolute Gasteiger partial charge is 0.243 e. The standard InChI is InChI=1S/C26H43N3O5S/c1-3-4-5-6-7-8-9-10-11-26(30)28-16-14-27(15-17-28)24-22-23(12-13-25(24)33-2)35(31,32)29-18-20-34-21-19-29/h12-13,22H,3-11,14-21H2,1-2H3. The summed E-state index contributed by atoms with van der Waals surface area (Å²) in [5, 5.41) is 0. The van der Waals surface area contributed by atoms with E-state index in [-0.39, 0.29) is 10.8 Å².